The molecule has 0 aliphatic rings. The molecule has 3 nitrogen and oxygen atoms in total. The van der Waals surface area contributed by atoms with Crippen molar-refractivity contribution in [3.05, 3.63) is 57.8 Å². The first-order valence-electron chi connectivity index (χ1n) is 5.68. The highest BCUT2D eigenvalue weighted by Gasteiger charge is 2.07. The summed E-state index contributed by atoms with van der Waals surface area (Å²) in [5.74, 6) is -0.520. The Balaban J connectivity index is 1.94. The average molecular weight is 359 g/mol. The molecule has 1 amide bonds. The Morgan fingerprint density at radius 2 is 2.10 bits per heavy atom. The fourth-order valence-corrected chi connectivity index (χ4v) is 2.05. The van der Waals surface area contributed by atoms with Crippen LogP contribution in [0.2, 0.25) is 5.02 Å². The first kappa shape index (κ1) is 14.8. The van der Waals surface area contributed by atoms with Crippen molar-refractivity contribution in [2.45, 2.75) is 0 Å². The molecule has 104 valence electrons. The second kappa shape index (κ2) is 6.72. The van der Waals surface area contributed by atoms with E-state index in [1.165, 1.54) is 18.2 Å². The molecule has 0 atom stereocenters. The van der Waals surface area contributed by atoms with Gasteiger partial charge in [-0.2, -0.15) is 0 Å². The van der Waals surface area contributed by atoms with Crippen molar-refractivity contribution in [1.82, 2.24) is 0 Å². The van der Waals surface area contributed by atoms with Gasteiger partial charge < -0.3 is 10.1 Å². The van der Waals surface area contributed by atoms with Crippen LogP contribution in [0.25, 0.3) is 0 Å². The Labute approximate surface area is 128 Å². The number of halogens is 3. The molecule has 0 aliphatic carbocycles. The number of nitrogens with one attached hydrogen (secondary N) is 1. The number of hydrogen-bond acceptors (Lipinski definition) is 2. The molecular formula is C14H10BrClFNO2. The molecule has 2 aromatic rings. The monoisotopic (exact) mass is 357 g/mol. The Morgan fingerprint density at radius 3 is 2.85 bits per heavy atom. The standard InChI is InChI=1S/C14H10BrClFNO2/c15-12-5-4-10(17)7-13(12)20-8-14(19)18-11-3-1-2-9(16)6-11/h1-7H,8H2,(H,18,19). The number of carbonyl (C=O) groups excluding carboxylic acids is 1. The van der Waals surface area contributed by atoms with Crippen molar-refractivity contribution >= 4 is 39.1 Å². The summed E-state index contributed by atoms with van der Waals surface area (Å²) in [6, 6.07) is 10.8. The van der Waals surface area contributed by atoms with E-state index in [9.17, 15) is 9.18 Å². The molecule has 0 heterocycles. The molecule has 20 heavy (non-hydrogen) atoms. The van der Waals surface area contributed by atoms with E-state index in [1.54, 1.807) is 24.3 Å². The van der Waals surface area contributed by atoms with E-state index in [0.29, 0.717) is 15.2 Å². The molecule has 0 aliphatic heterocycles. The van der Waals surface area contributed by atoms with Gasteiger partial charge in [-0.25, -0.2) is 4.39 Å². The predicted molar refractivity (Wildman–Crippen MR) is 79.7 cm³/mol. The summed E-state index contributed by atoms with van der Waals surface area (Å²) in [6.07, 6.45) is 0. The highest BCUT2D eigenvalue weighted by atomic mass is 79.9. The molecule has 6 heteroatoms. The first-order valence-corrected chi connectivity index (χ1v) is 6.85. The van der Waals surface area contributed by atoms with Gasteiger partial charge >= 0.3 is 0 Å². The molecule has 0 spiro atoms. The summed E-state index contributed by atoms with van der Waals surface area (Å²) in [6.45, 7) is -0.228. The molecule has 0 unspecified atom stereocenters. The molecule has 0 bridgehead atoms. The van der Waals surface area contributed by atoms with E-state index in [2.05, 4.69) is 21.2 Å². The molecule has 1 N–H and O–H groups in total. The zero-order valence-corrected chi connectivity index (χ0v) is 12.5. The van der Waals surface area contributed by atoms with Gasteiger partial charge in [0.15, 0.2) is 6.61 Å². The summed E-state index contributed by atoms with van der Waals surface area (Å²) in [4.78, 5) is 11.7. The van der Waals surface area contributed by atoms with Crippen LogP contribution < -0.4 is 10.1 Å². The van der Waals surface area contributed by atoms with Crippen LogP contribution in [0.5, 0.6) is 5.75 Å². The smallest absolute Gasteiger partial charge is 0.262 e. The van der Waals surface area contributed by atoms with E-state index in [4.69, 9.17) is 16.3 Å². The molecular weight excluding hydrogens is 349 g/mol. The molecule has 2 rings (SSSR count). The van der Waals surface area contributed by atoms with Gasteiger partial charge in [0.2, 0.25) is 0 Å². The normalized spacial score (nSPS) is 10.2. The molecule has 0 aromatic heterocycles. The maximum absolute atomic E-state index is 13.0. The molecule has 2 aromatic carbocycles. The van der Waals surface area contributed by atoms with Crippen molar-refractivity contribution in [2.75, 3.05) is 11.9 Å². The average Bonchev–Trinajstić information content (AvgIpc) is 2.40. The predicted octanol–water partition coefficient (Wildman–Crippen LogP) is 4.26. The second-order valence-corrected chi connectivity index (χ2v) is 5.21. The Kier molecular flexibility index (Phi) is 4.98. The van der Waals surface area contributed by atoms with Crippen LogP contribution in [0.1, 0.15) is 0 Å². The van der Waals surface area contributed by atoms with Crippen LogP contribution >= 0.6 is 27.5 Å². The summed E-state index contributed by atoms with van der Waals surface area (Å²) < 4.78 is 18.9. The molecule has 0 radical (unpaired) electrons. The lowest BCUT2D eigenvalue weighted by molar-refractivity contribution is -0.118. The summed E-state index contributed by atoms with van der Waals surface area (Å²) >= 11 is 9.03. The van der Waals surface area contributed by atoms with Gasteiger partial charge in [-0.3, -0.25) is 4.79 Å². The highest BCUT2D eigenvalue weighted by molar-refractivity contribution is 9.10. The Morgan fingerprint density at radius 1 is 1.30 bits per heavy atom. The minimum atomic E-state index is -0.432. The molecule has 0 fully saturated rings. The van der Waals surface area contributed by atoms with Crippen molar-refractivity contribution < 1.29 is 13.9 Å². The minimum absolute atomic E-state index is 0.228. The molecule has 0 saturated heterocycles. The third kappa shape index (κ3) is 4.21. The van der Waals surface area contributed by atoms with Crippen LogP contribution in [0, 0.1) is 5.82 Å². The number of carbonyl (C=O) groups is 1. The lowest BCUT2D eigenvalue weighted by Gasteiger charge is -2.09. The van der Waals surface area contributed by atoms with Crippen molar-refractivity contribution in [3.8, 4) is 5.75 Å². The maximum Gasteiger partial charge on any atom is 0.262 e. The van der Waals surface area contributed by atoms with E-state index in [-0.39, 0.29) is 18.3 Å². The number of anilines is 1. The van der Waals surface area contributed by atoms with Crippen molar-refractivity contribution in [2.24, 2.45) is 0 Å². The van der Waals surface area contributed by atoms with Crippen molar-refractivity contribution in [3.63, 3.8) is 0 Å². The van der Waals surface area contributed by atoms with E-state index in [0.717, 1.165) is 0 Å². The van der Waals surface area contributed by atoms with E-state index >= 15 is 0 Å². The van der Waals surface area contributed by atoms with E-state index < -0.39 is 5.82 Å². The fourth-order valence-electron chi connectivity index (χ4n) is 1.49. The third-order valence-electron chi connectivity index (χ3n) is 2.36. The lowest BCUT2D eigenvalue weighted by atomic mass is 10.3. The van der Waals surface area contributed by atoms with Gasteiger partial charge in [0.05, 0.1) is 4.47 Å². The topological polar surface area (TPSA) is 38.3 Å². The Hall–Kier alpha value is -1.59. The quantitative estimate of drug-likeness (QED) is 0.887. The lowest BCUT2D eigenvalue weighted by Crippen LogP contribution is -2.20. The van der Waals surface area contributed by atoms with Gasteiger partial charge in [0.25, 0.3) is 5.91 Å². The number of benzene rings is 2. The largest absolute Gasteiger partial charge is 0.482 e. The van der Waals surface area contributed by atoms with Crippen LogP contribution in [0.4, 0.5) is 10.1 Å². The molecule has 0 saturated carbocycles. The number of rotatable bonds is 4. The van der Waals surface area contributed by atoms with Crippen LogP contribution in [0.15, 0.2) is 46.9 Å². The van der Waals surface area contributed by atoms with Gasteiger partial charge in [0.1, 0.15) is 11.6 Å². The summed E-state index contributed by atoms with van der Waals surface area (Å²) in [5, 5.41) is 3.15. The fraction of sp³-hybridized carbons (Fsp3) is 0.0714. The third-order valence-corrected chi connectivity index (χ3v) is 3.25. The van der Waals surface area contributed by atoms with Crippen molar-refractivity contribution in [1.29, 1.82) is 0 Å². The van der Waals surface area contributed by atoms with Gasteiger partial charge in [-0.15, -0.1) is 0 Å². The van der Waals surface area contributed by atoms with E-state index in [1.807, 2.05) is 0 Å². The van der Waals surface area contributed by atoms with Crippen LogP contribution in [0.3, 0.4) is 0 Å². The minimum Gasteiger partial charge on any atom is -0.482 e. The van der Waals surface area contributed by atoms with Crippen LogP contribution in [-0.2, 0) is 4.79 Å². The van der Waals surface area contributed by atoms with Gasteiger partial charge in [0, 0.05) is 16.8 Å². The SMILES string of the molecule is O=C(COc1cc(F)ccc1Br)Nc1cccc(Cl)c1. The number of amides is 1. The first-order chi connectivity index (χ1) is 9.54. The summed E-state index contributed by atoms with van der Waals surface area (Å²) in [7, 11) is 0. The van der Waals surface area contributed by atoms with Gasteiger partial charge in [-0.05, 0) is 46.3 Å². The summed E-state index contributed by atoms with van der Waals surface area (Å²) in [5.41, 5.74) is 0.574. The Bertz CT molecular complexity index is 636. The number of ether oxygens (including phenoxy) is 1. The van der Waals surface area contributed by atoms with Crippen LogP contribution in [-0.4, -0.2) is 12.5 Å². The number of hydrogen-bond donors (Lipinski definition) is 1. The highest BCUT2D eigenvalue weighted by Crippen LogP contribution is 2.25. The van der Waals surface area contributed by atoms with Gasteiger partial charge in [-0.1, -0.05) is 17.7 Å². The zero-order valence-electron chi connectivity index (χ0n) is 10.2. The zero-order chi connectivity index (χ0) is 14.5. The second-order valence-electron chi connectivity index (χ2n) is 3.92. The maximum atomic E-state index is 13.0.